The molecule has 1 aromatic rings. The molecule has 1 aliphatic carbocycles. The molecule has 5 heteroatoms. The number of ketones is 1. The summed E-state index contributed by atoms with van der Waals surface area (Å²) in [6.07, 6.45) is 6.28. The number of aliphatic imine (C=N–C) groups is 1. The van der Waals surface area contributed by atoms with Crippen LogP contribution in [0.25, 0.3) is 0 Å². The molecule has 0 atom stereocenters. The van der Waals surface area contributed by atoms with Crippen molar-refractivity contribution in [2.75, 3.05) is 13.7 Å². The lowest BCUT2D eigenvalue weighted by Crippen LogP contribution is -2.27. The highest BCUT2D eigenvalue weighted by Gasteiger charge is 2.28. The topological polar surface area (TPSA) is 50.7 Å². The third-order valence-corrected chi connectivity index (χ3v) is 5.02. The molecule has 0 heterocycles. The van der Waals surface area contributed by atoms with Gasteiger partial charge in [0.15, 0.2) is 5.78 Å². The zero-order chi connectivity index (χ0) is 18.2. The Kier molecular flexibility index (Phi) is 7.51. The van der Waals surface area contributed by atoms with E-state index in [1.54, 1.807) is 13.4 Å². The molecule has 1 aromatic carbocycles. The highest BCUT2D eigenvalue weighted by molar-refractivity contribution is 6.32. The van der Waals surface area contributed by atoms with Gasteiger partial charge in [-0.2, -0.15) is 0 Å². The first-order chi connectivity index (χ1) is 12.1. The van der Waals surface area contributed by atoms with Gasteiger partial charge in [0.05, 0.1) is 24.2 Å². The third kappa shape index (κ3) is 5.33. The smallest absolute Gasteiger partial charge is 0.181 e. The van der Waals surface area contributed by atoms with Gasteiger partial charge in [0.1, 0.15) is 5.75 Å². The summed E-state index contributed by atoms with van der Waals surface area (Å²) in [5, 5.41) is 3.55. The molecule has 0 aromatic heterocycles. The Balaban J connectivity index is 1.87. The zero-order valence-corrected chi connectivity index (χ0v) is 15.8. The summed E-state index contributed by atoms with van der Waals surface area (Å²) in [7, 11) is 1.62. The van der Waals surface area contributed by atoms with Crippen LogP contribution in [0.5, 0.6) is 5.75 Å². The lowest BCUT2D eigenvalue weighted by Gasteiger charge is -2.28. The molecule has 1 fully saturated rings. The van der Waals surface area contributed by atoms with Crippen LogP contribution in [0.15, 0.2) is 35.5 Å². The highest BCUT2D eigenvalue weighted by atomic mass is 35.5. The van der Waals surface area contributed by atoms with E-state index in [0.717, 1.165) is 38.6 Å². The van der Waals surface area contributed by atoms with E-state index in [1.165, 1.54) is 5.56 Å². The predicted molar refractivity (Wildman–Crippen MR) is 104 cm³/mol. The van der Waals surface area contributed by atoms with Gasteiger partial charge in [-0.3, -0.25) is 9.79 Å². The minimum absolute atomic E-state index is 0.0459. The minimum atomic E-state index is 0.0459. The summed E-state index contributed by atoms with van der Waals surface area (Å²) in [5.41, 5.74) is 1.66. The number of Topliss-reactive ketones (excluding diaryl/α,β-unsaturated/α-hetero) is 1. The number of halogens is 1. The largest absolute Gasteiger partial charge is 0.495 e. The molecule has 136 valence electrons. The summed E-state index contributed by atoms with van der Waals surface area (Å²) < 4.78 is 5.21. The Morgan fingerprint density at radius 2 is 2.12 bits per heavy atom. The summed E-state index contributed by atoms with van der Waals surface area (Å²) >= 11 is 6.23. The summed E-state index contributed by atoms with van der Waals surface area (Å²) in [4.78, 5) is 16.6. The fraction of sp³-hybridized carbons (Fsp3) is 0.500. The van der Waals surface area contributed by atoms with Crippen LogP contribution in [-0.2, 0) is 4.79 Å². The molecule has 0 unspecified atom stereocenters. The van der Waals surface area contributed by atoms with Gasteiger partial charge in [-0.1, -0.05) is 31.2 Å². The van der Waals surface area contributed by atoms with E-state index in [1.807, 2.05) is 12.1 Å². The van der Waals surface area contributed by atoms with Crippen molar-refractivity contribution in [3.63, 3.8) is 0 Å². The van der Waals surface area contributed by atoms with Gasteiger partial charge in [0, 0.05) is 12.5 Å². The van der Waals surface area contributed by atoms with E-state index in [-0.39, 0.29) is 11.7 Å². The molecule has 0 radical (unpaired) electrons. The highest BCUT2D eigenvalue weighted by Crippen LogP contribution is 2.38. The molecule has 2 rings (SSSR count). The Labute approximate surface area is 155 Å². The normalized spacial score (nSPS) is 20.4. The molecule has 1 N–H and O–H groups in total. The van der Waals surface area contributed by atoms with Crippen molar-refractivity contribution >= 4 is 23.7 Å². The average molecular weight is 363 g/mol. The second kappa shape index (κ2) is 9.62. The predicted octanol–water partition coefficient (Wildman–Crippen LogP) is 4.73. The molecular formula is C20H27ClN2O2. The number of nitrogens with one attached hydrogen (secondary N) is 1. The van der Waals surface area contributed by atoms with Gasteiger partial charge >= 0.3 is 0 Å². The number of benzene rings is 1. The fourth-order valence-corrected chi connectivity index (χ4v) is 3.53. The van der Waals surface area contributed by atoms with E-state index in [0.29, 0.717) is 22.4 Å². The Morgan fingerprint density at radius 1 is 1.40 bits per heavy atom. The Bertz CT molecular complexity index is 635. The van der Waals surface area contributed by atoms with Crippen LogP contribution in [0.3, 0.4) is 0 Å². The van der Waals surface area contributed by atoms with Crippen molar-refractivity contribution < 1.29 is 9.53 Å². The zero-order valence-electron chi connectivity index (χ0n) is 15.1. The van der Waals surface area contributed by atoms with Crippen molar-refractivity contribution in [2.24, 2.45) is 10.9 Å². The van der Waals surface area contributed by atoms with Gasteiger partial charge in [-0.05, 0) is 55.7 Å². The van der Waals surface area contributed by atoms with Gasteiger partial charge in [-0.15, -0.1) is 0 Å². The number of hydrogen-bond acceptors (Lipinski definition) is 3. The third-order valence-electron chi connectivity index (χ3n) is 4.73. The van der Waals surface area contributed by atoms with Gasteiger partial charge in [0.2, 0.25) is 0 Å². The van der Waals surface area contributed by atoms with Crippen LogP contribution >= 0.6 is 11.6 Å². The van der Waals surface area contributed by atoms with E-state index >= 15 is 0 Å². The maximum atomic E-state index is 12.5. The van der Waals surface area contributed by atoms with Gasteiger partial charge < -0.3 is 10.1 Å². The van der Waals surface area contributed by atoms with Crippen molar-refractivity contribution in [3.05, 3.63) is 41.1 Å². The first-order valence-electron chi connectivity index (χ1n) is 8.88. The monoisotopic (exact) mass is 362 g/mol. The second-order valence-corrected chi connectivity index (χ2v) is 6.87. The molecular weight excluding hydrogens is 336 g/mol. The quantitative estimate of drug-likeness (QED) is 0.413. The number of hydrogen-bond donors (Lipinski definition) is 1. The SMILES string of the molecule is C=C(NC=NCCC)C(=O)C1CCC(c2ccc(OC)c(Cl)c2)CC1. The maximum absolute atomic E-state index is 12.5. The van der Waals surface area contributed by atoms with Gasteiger partial charge in [-0.25, -0.2) is 0 Å². The number of ether oxygens (including phenoxy) is 1. The Morgan fingerprint density at radius 3 is 2.72 bits per heavy atom. The second-order valence-electron chi connectivity index (χ2n) is 6.46. The lowest BCUT2D eigenvalue weighted by molar-refractivity contribution is -0.120. The maximum Gasteiger partial charge on any atom is 0.181 e. The minimum Gasteiger partial charge on any atom is -0.495 e. The van der Waals surface area contributed by atoms with E-state index < -0.39 is 0 Å². The van der Waals surface area contributed by atoms with Crippen LogP contribution < -0.4 is 10.1 Å². The van der Waals surface area contributed by atoms with Crippen LogP contribution in [-0.4, -0.2) is 25.8 Å². The average Bonchev–Trinajstić information content (AvgIpc) is 2.64. The summed E-state index contributed by atoms with van der Waals surface area (Å²) in [5.74, 6) is 1.29. The molecule has 0 aliphatic heterocycles. The van der Waals surface area contributed by atoms with Crippen LogP contribution in [0, 0.1) is 5.92 Å². The van der Waals surface area contributed by atoms with E-state index in [2.05, 4.69) is 29.9 Å². The van der Waals surface area contributed by atoms with Gasteiger partial charge in [0.25, 0.3) is 0 Å². The molecule has 0 amide bonds. The molecule has 25 heavy (non-hydrogen) atoms. The summed E-state index contributed by atoms with van der Waals surface area (Å²) in [6, 6.07) is 5.97. The number of rotatable bonds is 8. The number of nitrogens with zero attached hydrogens (tertiary/aromatic N) is 1. The van der Waals surface area contributed by atoms with Crippen molar-refractivity contribution in [3.8, 4) is 5.75 Å². The number of allylic oxidation sites excluding steroid dienone is 1. The first kappa shape index (κ1) is 19.5. The Hall–Kier alpha value is -1.81. The number of carbonyl (C=O) groups is 1. The molecule has 0 bridgehead atoms. The van der Waals surface area contributed by atoms with Crippen molar-refractivity contribution in [1.82, 2.24) is 5.32 Å². The molecule has 0 spiro atoms. The van der Waals surface area contributed by atoms with E-state index in [9.17, 15) is 4.79 Å². The van der Waals surface area contributed by atoms with Crippen molar-refractivity contribution in [1.29, 1.82) is 0 Å². The summed E-state index contributed by atoms with van der Waals surface area (Å²) in [6.45, 7) is 6.67. The number of carbonyl (C=O) groups excluding carboxylic acids is 1. The van der Waals surface area contributed by atoms with E-state index in [4.69, 9.17) is 16.3 Å². The molecule has 1 saturated carbocycles. The lowest BCUT2D eigenvalue weighted by atomic mass is 9.77. The fourth-order valence-electron chi connectivity index (χ4n) is 3.26. The number of methoxy groups -OCH3 is 1. The van der Waals surface area contributed by atoms with Crippen LogP contribution in [0.2, 0.25) is 5.02 Å². The van der Waals surface area contributed by atoms with Crippen molar-refractivity contribution in [2.45, 2.75) is 44.9 Å². The first-order valence-corrected chi connectivity index (χ1v) is 9.26. The van der Waals surface area contributed by atoms with Crippen LogP contribution in [0.4, 0.5) is 0 Å². The molecule has 1 aliphatic rings. The molecule has 0 saturated heterocycles. The standard InChI is InChI=1S/C20H27ClN2O2/c1-4-11-22-13-23-14(2)20(24)16-7-5-15(6-8-16)17-9-10-19(25-3)18(21)12-17/h9-10,12-13,15-16H,2,4-8,11H2,1,3H3,(H,22,23). The molecule has 4 nitrogen and oxygen atoms in total. The van der Waals surface area contributed by atoms with Crippen LogP contribution in [0.1, 0.15) is 50.5 Å².